The van der Waals surface area contributed by atoms with E-state index >= 15 is 0 Å². The van der Waals surface area contributed by atoms with E-state index in [2.05, 4.69) is 43.1 Å². The molecular weight excluding hydrogens is 270 g/mol. The van der Waals surface area contributed by atoms with Crippen LogP contribution in [0.5, 0.6) is 0 Å². The third-order valence-electron chi connectivity index (χ3n) is 2.54. The van der Waals surface area contributed by atoms with Gasteiger partial charge in [0, 0.05) is 12.3 Å². The van der Waals surface area contributed by atoms with E-state index in [0.29, 0.717) is 25.5 Å². The second-order valence-corrected chi connectivity index (χ2v) is 5.82. The number of amides is 1. The van der Waals surface area contributed by atoms with Crippen molar-refractivity contribution in [1.29, 1.82) is 0 Å². The van der Waals surface area contributed by atoms with E-state index in [9.17, 15) is 4.79 Å². The Morgan fingerprint density at radius 2 is 2.05 bits per heavy atom. The second-order valence-electron chi connectivity index (χ2n) is 4.84. The van der Waals surface area contributed by atoms with Gasteiger partial charge in [-0.1, -0.05) is 42.0 Å². The van der Waals surface area contributed by atoms with Gasteiger partial charge in [-0.25, -0.2) is 0 Å². The van der Waals surface area contributed by atoms with Crippen molar-refractivity contribution in [2.45, 2.75) is 19.6 Å². The standard InChI is InChI=1S/C16H23NO2S/c1-13(2)10-19-9-8-17-16(18)12-20-11-15-6-4-14(3)5-7-15/h4-7H,1,8-12H2,2-3H3,(H,17,18). The van der Waals surface area contributed by atoms with Crippen molar-refractivity contribution in [3.8, 4) is 0 Å². The predicted molar refractivity (Wildman–Crippen MR) is 86.0 cm³/mol. The molecule has 0 aromatic heterocycles. The van der Waals surface area contributed by atoms with E-state index in [-0.39, 0.29) is 5.91 Å². The number of hydrogen-bond donors (Lipinski definition) is 1. The number of rotatable bonds is 9. The van der Waals surface area contributed by atoms with Gasteiger partial charge < -0.3 is 10.1 Å². The topological polar surface area (TPSA) is 38.3 Å². The predicted octanol–water partition coefficient (Wildman–Crippen LogP) is 2.94. The second kappa shape index (κ2) is 9.61. The lowest BCUT2D eigenvalue weighted by atomic mass is 10.2. The molecule has 0 saturated heterocycles. The molecule has 1 N–H and O–H groups in total. The number of thioether (sulfide) groups is 1. The Balaban J connectivity index is 2.05. The number of carbonyl (C=O) groups excluding carboxylic acids is 1. The molecule has 0 spiro atoms. The lowest BCUT2D eigenvalue weighted by Gasteiger charge is -2.06. The molecule has 0 atom stereocenters. The Labute approximate surface area is 125 Å². The molecular formula is C16H23NO2S. The first-order valence-electron chi connectivity index (χ1n) is 6.70. The maximum Gasteiger partial charge on any atom is 0.230 e. The number of aryl methyl sites for hydroxylation is 1. The molecule has 3 nitrogen and oxygen atoms in total. The van der Waals surface area contributed by atoms with Crippen molar-refractivity contribution in [1.82, 2.24) is 5.32 Å². The highest BCUT2D eigenvalue weighted by atomic mass is 32.2. The third kappa shape index (κ3) is 8.02. The van der Waals surface area contributed by atoms with Crippen LogP contribution in [-0.4, -0.2) is 31.4 Å². The lowest BCUT2D eigenvalue weighted by molar-refractivity contribution is -0.118. The van der Waals surface area contributed by atoms with Gasteiger partial charge in [-0.05, 0) is 19.4 Å². The minimum Gasteiger partial charge on any atom is -0.375 e. The average Bonchev–Trinajstić information content (AvgIpc) is 2.40. The minimum absolute atomic E-state index is 0.0565. The molecule has 0 bridgehead atoms. The van der Waals surface area contributed by atoms with E-state index < -0.39 is 0 Å². The summed E-state index contributed by atoms with van der Waals surface area (Å²) in [5, 5.41) is 2.84. The fourth-order valence-corrected chi connectivity index (χ4v) is 2.32. The lowest BCUT2D eigenvalue weighted by Crippen LogP contribution is -2.28. The Morgan fingerprint density at radius 3 is 2.70 bits per heavy atom. The first-order chi connectivity index (χ1) is 9.58. The molecule has 0 heterocycles. The van der Waals surface area contributed by atoms with Crippen molar-refractivity contribution in [2.75, 3.05) is 25.5 Å². The molecule has 0 radical (unpaired) electrons. The summed E-state index contributed by atoms with van der Waals surface area (Å²) in [6.07, 6.45) is 0. The SMILES string of the molecule is C=C(C)COCCNC(=O)CSCc1ccc(C)cc1. The van der Waals surface area contributed by atoms with Gasteiger partial charge in [0.05, 0.1) is 19.0 Å². The summed E-state index contributed by atoms with van der Waals surface area (Å²) in [6, 6.07) is 8.39. The summed E-state index contributed by atoms with van der Waals surface area (Å²) in [7, 11) is 0. The van der Waals surface area contributed by atoms with Crippen molar-refractivity contribution < 1.29 is 9.53 Å². The van der Waals surface area contributed by atoms with Gasteiger partial charge in [0.15, 0.2) is 0 Å². The van der Waals surface area contributed by atoms with Gasteiger partial charge >= 0.3 is 0 Å². The van der Waals surface area contributed by atoms with Gasteiger partial charge in [0.2, 0.25) is 5.91 Å². The number of ether oxygens (including phenoxy) is 1. The van der Waals surface area contributed by atoms with Crippen molar-refractivity contribution in [3.05, 3.63) is 47.5 Å². The summed E-state index contributed by atoms with van der Waals surface area (Å²) in [5.41, 5.74) is 3.49. The molecule has 1 aromatic carbocycles. The van der Waals surface area contributed by atoms with Crippen LogP contribution in [0.15, 0.2) is 36.4 Å². The fourth-order valence-electron chi connectivity index (χ4n) is 1.51. The maximum absolute atomic E-state index is 11.6. The number of benzene rings is 1. The van der Waals surface area contributed by atoms with E-state index in [1.165, 1.54) is 11.1 Å². The highest BCUT2D eigenvalue weighted by Gasteiger charge is 2.01. The monoisotopic (exact) mass is 293 g/mol. The van der Waals surface area contributed by atoms with Crippen LogP contribution in [0.25, 0.3) is 0 Å². The van der Waals surface area contributed by atoms with E-state index in [0.717, 1.165) is 11.3 Å². The van der Waals surface area contributed by atoms with Gasteiger partial charge in [-0.3, -0.25) is 4.79 Å². The van der Waals surface area contributed by atoms with Crippen LogP contribution < -0.4 is 5.32 Å². The van der Waals surface area contributed by atoms with Gasteiger partial charge in [0.25, 0.3) is 0 Å². The molecule has 4 heteroatoms. The first-order valence-corrected chi connectivity index (χ1v) is 7.85. The molecule has 1 rings (SSSR count). The van der Waals surface area contributed by atoms with Crippen LogP contribution in [0.1, 0.15) is 18.1 Å². The molecule has 1 amide bonds. The normalized spacial score (nSPS) is 10.3. The van der Waals surface area contributed by atoms with Crippen LogP contribution >= 0.6 is 11.8 Å². The summed E-state index contributed by atoms with van der Waals surface area (Å²) in [6.45, 7) is 9.37. The molecule has 0 saturated carbocycles. The smallest absolute Gasteiger partial charge is 0.230 e. The highest BCUT2D eigenvalue weighted by Crippen LogP contribution is 2.12. The summed E-state index contributed by atoms with van der Waals surface area (Å²) in [5.74, 6) is 1.40. The van der Waals surface area contributed by atoms with Crippen molar-refractivity contribution in [3.63, 3.8) is 0 Å². The summed E-state index contributed by atoms with van der Waals surface area (Å²) in [4.78, 5) is 11.6. The van der Waals surface area contributed by atoms with Gasteiger partial charge in [-0.2, -0.15) is 0 Å². The molecule has 1 aromatic rings. The van der Waals surface area contributed by atoms with Crippen molar-refractivity contribution in [2.24, 2.45) is 0 Å². The Hall–Kier alpha value is -1.26. The highest BCUT2D eigenvalue weighted by molar-refractivity contribution is 7.99. The Morgan fingerprint density at radius 1 is 1.35 bits per heavy atom. The zero-order chi connectivity index (χ0) is 14.8. The zero-order valence-corrected chi connectivity index (χ0v) is 13.1. The summed E-state index contributed by atoms with van der Waals surface area (Å²) < 4.78 is 5.31. The Kier molecular flexibility index (Phi) is 8.07. The molecule has 0 aliphatic carbocycles. The molecule has 110 valence electrons. The number of nitrogens with one attached hydrogen (secondary N) is 1. The Bertz CT molecular complexity index is 429. The van der Waals surface area contributed by atoms with Crippen LogP contribution in [0, 0.1) is 6.92 Å². The third-order valence-corrected chi connectivity index (χ3v) is 3.54. The van der Waals surface area contributed by atoms with Crippen LogP contribution in [-0.2, 0) is 15.3 Å². The van der Waals surface area contributed by atoms with Gasteiger partial charge in [0.1, 0.15) is 0 Å². The molecule has 0 aliphatic rings. The molecule has 0 fully saturated rings. The van der Waals surface area contributed by atoms with E-state index in [1.54, 1.807) is 11.8 Å². The van der Waals surface area contributed by atoms with Crippen LogP contribution in [0.2, 0.25) is 0 Å². The average molecular weight is 293 g/mol. The van der Waals surface area contributed by atoms with Gasteiger partial charge in [-0.15, -0.1) is 11.8 Å². The first kappa shape index (κ1) is 16.8. The van der Waals surface area contributed by atoms with Crippen LogP contribution in [0.4, 0.5) is 0 Å². The van der Waals surface area contributed by atoms with Crippen LogP contribution in [0.3, 0.4) is 0 Å². The fraction of sp³-hybridized carbons (Fsp3) is 0.438. The maximum atomic E-state index is 11.6. The summed E-state index contributed by atoms with van der Waals surface area (Å²) >= 11 is 1.62. The molecule has 20 heavy (non-hydrogen) atoms. The number of carbonyl (C=O) groups is 1. The van der Waals surface area contributed by atoms with E-state index in [4.69, 9.17) is 4.74 Å². The molecule has 0 unspecified atom stereocenters. The quantitative estimate of drug-likeness (QED) is 0.562. The van der Waals surface area contributed by atoms with E-state index in [1.807, 2.05) is 6.92 Å². The number of hydrogen-bond acceptors (Lipinski definition) is 3. The largest absolute Gasteiger partial charge is 0.375 e. The van der Waals surface area contributed by atoms with Crippen molar-refractivity contribution >= 4 is 17.7 Å². The zero-order valence-electron chi connectivity index (χ0n) is 12.3. The molecule has 0 aliphatic heterocycles. The minimum atomic E-state index is 0.0565.